The number of anilines is 4. The van der Waals surface area contributed by atoms with Crippen molar-refractivity contribution in [3.8, 4) is 5.06 Å². The van der Waals surface area contributed by atoms with Gasteiger partial charge in [-0.25, -0.2) is 4.39 Å². The van der Waals surface area contributed by atoms with Crippen LogP contribution >= 0.6 is 57.7 Å². The molecule has 0 saturated heterocycles. The maximum absolute atomic E-state index is 14.1. The Labute approximate surface area is 599 Å². The number of esters is 2. The van der Waals surface area contributed by atoms with Crippen LogP contribution in [-0.4, -0.2) is 109 Å². The average molecular weight is 1480 g/mol. The highest BCUT2D eigenvalue weighted by Gasteiger charge is 2.44. The maximum Gasteiger partial charge on any atom is 0.433 e. The number of carbonyl (C=O) groups excluding carboxylic acids is 2. The van der Waals surface area contributed by atoms with Crippen molar-refractivity contribution in [2.45, 2.75) is 121 Å². The minimum absolute atomic E-state index is 0.0199. The first-order valence-electron chi connectivity index (χ1n) is 31.8. The Morgan fingerprint density at radius 1 is 0.710 bits per heavy atom. The number of aromatic nitrogens is 4. The standard InChI is InChI=1S/C23H32N4O5S.C17H19ClN4S.C14H17FN4S.C13H12F3N5O2S/c1-9-17-15(5)20(24-25-22-16(6)23(32-10-2)33-26-22)13(3)14(4)21(17)27(11-18(28)30-7)12-19(29)31-8;1-10-13-6-4-8-22-7-3-5-12(16(13)22)9-14(10)19-20-17-15(18)11(2)23-21-17;1-4-6-19(3)13-8-10(2)12(9-11(13)15)16-17-14-5-7-20-18-14;1-7-6-8(20(2)3)4-5-9(7)17-18-12-10(21(22)23)11(24-19-12)13(14,15)16/h9-12H2,1-8H3;9H,3-8H2,1-2H3;5,7-9H,4,6H2,1-3H3;4-6H,1-3H3. The van der Waals surface area contributed by atoms with Crippen molar-refractivity contribution < 1.29 is 46.3 Å². The first-order chi connectivity index (χ1) is 47.6. The number of nitrogens with zero attached hydrogens (tertiary/aromatic N) is 17. The van der Waals surface area contributed by atoms with E-state index in [0.29, 0.717) is 52.6 Å². The predicted molar refractivity (Wildman–Crippen MR) is 389 cm³/mol. The third-order valence-electron chi connectivity index (χ3n) is 16.3. The molecule has 0 atom stereocenters. The molecule has 0 fully saturated rings. The zero-order valence-electron chi connectivity index (χ0n) is 58.6. The van der Waals surface area contributed by atoms with Gasteiger partial charge in [0.1, 0.15) is 23.9 Å². The molecule has 0 amide bonds. The number of hydrogen-bond donors (Lipinski definition) is 0. The third-order valence-corrected chi connectivity index (χ3v) is 19.9. The Kier molecular flexibility index (Phi) is 28.2. The Morgan fingerprint density at radius 3 is 1.93 bits per heavy atom. The molecule has 0 N–H and O–H groups in total. The molecule has 0 unspecified atom stereocenters. The lowest BCUT2D eigenvalue weighted by Gasteiger charge is -2.37. The number of ether oxygens (including phenoxy) is 3. The van der Waals surface area contributed by atoms with E-state index < -0.39 is 39.4 Å². The first kappa shape index (κ1) is 78.5. The second-order valence-electron chi connectivity index (χ2n) is 23.3. The van der Waals surface area contributed by atoms with Crippen molar-refractivity contribution in [3.63, 3.8) is 0 Å². The Balaban J connectivity index is 0.000000190. The summed E-state index contributed by atoms with van der Waals surface area (Å²) < 4.78 is 83.7. The fraction of sp³-hybridized carbons (Fsp3) is 0.433. The van der Waals surface area contributed by atoms with Gasteiger partial charge in [0.15, 0.2) is 16.7 Å². The van der Waals surface area contributed by atoms with Crippen molar-refractivity contribution >= 4 is 144 Å². The molecule has 0 aliphatic carbocycles. The third kappa shape index (κ3) is 19.6. The molecule has 534 valence electrons. The molecule has 2 aliphatic rings. The fourth-order valence-electron chi connectivity index (χ4n) is 10.9. The summed E-state index contributed by atoms with van der Waals surface area (Å²) in [5, 5.41) is 47.2. The largest absolute Gasteiger partial charge is 0.483 e. The molecule has 24 nitrogen and oxygen atoms in total. The van der Waals surface area contributed by atoms with Crippen molar-refractivity contribution in [2.75, 3.05) is 94.3 Å². The molecule has 8 aromatic rings. The topological polar surface area (TPSA) is 268 Å². The SMILES string of the molecule is CCCN(C)c1cc(C)c(N=Nc2ccsn2)cc1F.CCOc1snc(N=Nc2c(C)c(C)c(N(CC(=O)OC)CC(=O)OC)c(CC)c2C)c1C.Cc1cc(N(C)C)ccc1N=Nc1nsc(C(F)(F)F)c1[N+](=O)[O-].Cc1snc(N=Nc2cc3c4c(c2C)CCCN4CCC3)c1Cl. The molecule has 6 heterocycles. The van der Waals surface area contributed by atoms with E-state index in [0.717, 1.165) is 97.4 Å². The summed E-state index contributed by atoms with van der Waals surface area (Å²) in [5.41, 5.74) is 15.5. The highest BCUT2D eigenvalue weighted by Crippen LogP contribution is 2.46. The van der Waals surface area contributed by atoms with E-state index in [4.69, 9.17) is 25.8 Å². The van der Waals surface area contributed by atoms with Crippen LogP contribution in [-0.2, 0) is 44.5 Å². The quantitative estimate of drug-likeness (QED) is 0.0213. The van der Waals surface area contributed by atoms with E-state index in [9.17, 15) is 37.3 Å². The highest BCUT2D eigenvalue weighted by molar-refractivity contribution is 7.08. The summed E-state index contributed by atoms with van der Waals surface area (Å²) in [6, 6.07) is 12.4. The normalized spacial score (nSPS) is 12.6. The van der Waals surface area contributed by atoms with E-state index in [1.54, 1.807) is 36.1 Å². The minimum Gasteiger partial charge on any atom is -0.483 e. The van der Waals surface area contributed by atoms with Gasteiger partial charge in [0.25, 0.3) is 5.82 Å². The monoisotopic (exact) mass is 1470 g/mol. The summed E-state index contributed by atoms with van der Waals surface area (Å²) in [7, 11) is 8.24. The predicted octanol–water partition coefficient (Wildman–Crippen LogP) is 20.1. The second kappa shape index (κ2) is 36.0. The maximum atomic E-state index is 14.1. The average Bonchev–Trinajstić information content (AvgIpc) is 1.08. The van der Waals surface area contributed by atoms with Crippen molar-refractivity contribution in [2.24, 2.45) is 40.9 Å². The summed E-state index contributed by atoms with van der Waals surface area (Å²) >= 11 is 10.1. The second-order valence-corrected chi connectivity index (χ2v) is 26.8. The van der Waals surface area contributed by atoms with Crippen LogP contribution in [0.25, 0.3) is 0 Å². The number of methoxy groups -OCH3 is 2. The molecule has 4 aromatic carbocycles. The number of alkyl halides is 3. The van der Waals surface area contributed by atoms with Crippen molar-refractivity contribution in [1.29, 1.82) is 0 Å². The van der Waals surface area contributed by atoms with Gasteiger partial charge < -0.3 is 33.8 Å². The van der Waals surface area contributed by atoms with Gasteiger partial charge in [-0.2, -0.15) is 30.7 Å². The Morgan fingerprint density at radius 2 is 1.34 bits per heavy atom. The molecule has 0 spiro atoms. The van der Waals surface area contributed by atoms with E-state index in [2.05, 4.69) is 83.2 Å². The highest BCUT2D eigenvalue weighted by atomic mass is 35.5. The van der Waals surface area contributed by atoms with Crippen LogP contribution in [0.15, 0.2) is 88.8 Å². The Bertz CT molecular complexity index is 4310. The van der Waals surface area contributed by atoms with Crippen molar-refractivity contribution in [1.82, 2.24) is 17.5 Å². The van der Waals surface area contributed by atoms with Gasteiger partial charge in [0, 0.05) is 85.7 Å². The van der Waals surface area contributed by atoms with Crippen LogP contribution in [0.1, 0.15) is 105 Å². The summed E-state index contributed by atoms with van der Waals surface area (Å²) in [6.45, 7) is 25.2. The number of aryl methyl sites for hydroxylation is 4. The molecule has 33 heteroatoms. The molecule has 0 bridgehead atoms. The fourth-order valence-corrected chi connectivity index (χ4v) is 13.5. The zero-order valence-corrected chi connectivity index (χ0v) is 62.6. The van der Waals surface area contributed by atoms with Crippen LogP contribution in [0.5, 0.6) is 5.06 Å². The van der Waals surface area contributed by atoms with Crippen molar-refractivity contribution in [3.05, 3.63) is 134 Å². The van der Waals surface area contributed by atoms with Crippen LogP contribution in [0.4, 0.5) is 92.0 Å². The van der Waals surface area contributed by atoms with Gasteiger partial charge in [-0.15, -0.1) is 40.9 Å². The van der Waals surface area contributed by atoms with Gasteiger partial charge in [-0.1, -0.05) is 25.4 Å². The molecule has 0 saturated carbocycles. The summed E-state index contributed by atoms with van der Waals surface area (Å²) in [6.07, 6.45) is 1.52. The van der Waals surface area contributed by atoms with Crippen LogP contribution in [0.2, 0.25) is 5.02 Å². The molecular formula is C67H80ClF4N17O7S4. The molecule has 100 heavy (non-hydrogen) atoms. The lowest BCUT2D eigenvalue weighted by atomic mass is 9.88. The minimum atomic E-state index is -4.86. The first-order valence-corrected chi connectivity index (χ1v) is 35.3. The molecule has 4 aromatic heterocycles. The van der Waals surface area contributed by atoms with E-state index in [1.807, 2.05) is 97.8 Å². The number of azo groups is 4. The van der Waals surface area contributed by atoms with Gasteiger partial charge in [-0.3, -0.25) is 19.7 Å². The molecule has 10 rings (SSSR count). The van der Waals surface area contributed by atoms with Gasteiger partial charge in [0.05, 0.1) is 59.8 Å². The lowest BCUT2D eigenvalue weighted by Crippen LogP contribution is -2.37. The lowest BCUT2D eigenvalue weighted by molar-refractivity contribution is -0.386. The van der Waals surface area contributed by atoms with E-state index in [-0.39, 0.29) is 30.4 Å². The van der Waals surface area contributed by atoms with Gasteiger partial charge in [0.2, 0.25) is 10.7 Å². The van der Waals surface area contributed by atoms with Crippen LogP contribution in [0, 0.1) is 71.3 Å². The van der Waals surface area contributed by atoms with Gasteiger partial charge in [-0.05, 0) is 222 Å². The van der Waals surface area contributed by atoms with Crippen LogP contribution < -0.4 is 24.3 Å². The smallest absolute Gasteiger partial charge is 0.433 e. The number of carbonyl (C=O) groups is 2. The summed E-state index contributed by atoms with van der Waals surface area (Å²) in [5.74, 6) is -0.220. The molecule has 2 aliphatic heterocycles. The number of nitro groups is 1. The zero-order chi connectivity index (χ0) is 73.3. The number of halogens is 5. The van der Waals surface area contributed by atoms with Crippen LogP contribution in [0.3, 0.4) is 0 Å². The molecular weight excluding hydrogens is 1390 g/mol. The number of rotatable bonds is 21. The number of benzene rings is 4. The van der Waals surface area contributed by atoms with Gasteiger partial charge >= 0.3 is 23.8 Å². The number of hydrogen-bond acceptors (Lipinski definition) is 27. The van der Waals surface area contributed by atoms with E-state index in [1.165, 1.54) is 103 Å². The summed E-state index contributed by atoms with van der Waals surface area (Å²) in [4.78, 5) is 41.5. The Hall–Kier alpha value is -8.85. The molecule has 0 radical (unpaired) electrons. The van der Waals surface area contributed by atoms with E-state index >= 15 is 0 Å².